The highest BCUT2D eigenvalue weighted by Gasteiger charge is 2.10. The van der Waals surface area contributed by atoms with Crippen molar-refractivity contribution in [3.8, 4) is 0 Å². The predicted octanol–water partition coefficient (Wildman–Crippen LogP) is 6.03. The van der Waals surface area contributed by atoms with Crippen LogP contribution in [0.2, 0.25) is 0 Å². The molecule has 0 aliphatic heterocycles. The van der Waals surface area contributed by atoms with Gasteiger partial charge in [-0.3, -0.25) is 0 Å². The van der Waals surface area contributed by atoms with Crippen molar-refractivity contribution in [2.45, 2.75) is 0 Å². The van der Waals surface area contributed by atoms with Gasteiger partial charge in [-0.15, -0.1) is 22.7 Å². The van der Waals surface area contributed by atoms with Crippen molar-refractivity contribution < 1.29 is 0 Å². The van der Waals surface area contributed by atoms with Crippen molar-refractivity contribution >= 4 is 68.9 Å². The van der Waals surface area contributed by atoms with Crippen molar-refractivity contribution in [3.05, 3.63) is 46.3 Å². The number of hydrogen-bond donors (Lipinski definition) is 0. The molecule has 2 aromatic heterocycles. The molecule has 0 aliphatic rings. The molecule has 0 saturated heterocycles. The molecule has 82 valence electrons. The summed E-state index contributed by atoms with van der Waals surface area (Å²) in [6.45, 7) is 0. The molecule has 2 aromatic carbocycles. The molecule has 2 heterocycles. The maximum Gasteiger partial charge on any atom is 0.0447 e. The molecule has 0 fully saturated rings. The topological polar surface area (TPSA) is 0 Å². The number of thiophene rings is 2. The van der Waals surface area contributed by atoms with Crippen molar-refractivity contribution in [1.29, 1.82) is 0 Å². The second-order valence-electron chi connectivity index (χ2n) is 4.00. The van der Waals surface area contributed by atoms with E-state index in [2.05, 4.69) is 57.7 Å². The number of benzene rings is 2. The Hall–Kier alpha value is -0.900. The van der Waals surface area contributed by atoms with E-state index in [0.29, 0.717) is 0 Å². The lowest BCUT2D eigenvalue weighted by Crippen LogP contribution is -1.67. The molecule has 0 nitrogen and oxygen atoms in total. The van der Waals surface area contributed by atoms with Crippen LogP contribution in [0.3, 0.4) is 0 Å². The first-order chi connectivity index (χ1) is 8.34. The SMILES string of the molecule is Brc1csc2c1ccc1sc3ccccc3c12. The first kappa shape index (κ1) is 10.1. The maximum absolute atomic E-state index is 3.62. The minimum absolute atomic E-state index is 1.20. The molecule has 0 bridgehead atoms. The predicted molar refractivity (Wildman–Crippen MR) is 82.4 cm³/mol. The second kappa shape index (κ2) is 3.55. The van der Waals surface area contributed by atoms with Crippen LogP contribution < -0.4 is 0 Å². The molecule has 0 spiro atoms. The van der Waals surface area contributed by atoms with Gasteiger partial charge in [-0.2, -0.15) is 0 Å². The molecule has 0 unspecified atom stereocenters. The standard InChI is InChI=1S/C14H7BrS2/c15-10-7-16-14-8(10)5-6-12-13(14)9-3-1-2-4-11(9)17-12/h1-7H. The lowest BCUT2D eigenvalue weighted by Gasteiger charge is -1.94. The Balaban J connectivity index is 2.38. The third-order valence-corrected chi connectivity index (χ3v) is 6.14. The zero-order chi connectivity index (χ0) is 11.4. The third-order valence-electron chi connectivity index (χ3n) is 3.03. The molecule has 0 amide bonds. The summed E-state index contributed by atoms with van der Waals surface area (Å²) in [4.78, 5) is 0. The smallest absolute Gasteiger partial charge is 0.0447 e. The third kappa shape index (κ3) is 1.33. The van der Waals surface area contributed by atoms with Crippen LogP contribution in [0.15, 0.2) is 46.3 Å². The fraction of sp³-hybridized carbons (Fsp3) is 0. The molecule has 0 aliphatic carbocycles. The van der Waals surface area contributed by atoms with E-state index in [1.54, 1.807) is 0 Å². The van der Waals surface area contributed by atoms with Crippen LogP contribution in [0.4, 0.5) is 0 Å². The molecule has 0 radical (unpaired) electrons. The zero-order valence-electron chi connectivity index (χ0n) is 8.74. The van der Waals surface area contributed by atoms with E-state index in [0.717, 1.165) is 0 Å². The number of halogens is 1. The van der Waals surface area contributed by atoms with Crippen molar-refractivity contribution in [2.75, 3.05) is 0 Å². The minimum atomic E-state index is 1.20. The number of rotatable bonds is 0. The monoisotopic (exact) mass is 318 g/mol. The van der Waals surface area contributed by atoms with E-state index in [1.165, 1.54) is 34.7 Å². The Morgan fingerprint density at radius 2 is 1.76 bits per heavy atom. The molecule has 3 heteroatoms. The highest BCUT2D eigenvalue weighted by Crippen LogP contribution is 2.42. The first-order valence-corrected chi connectivity index (χ1v) is 7.80. The van der Waals surface area contributed by atoms with E-state index in [1.807, 2.05) is 22.7 Å². The van der Waals surface area contributed by atoms with Crippen molar-refractivity contribution in [1.82, 2.24) is 0 Å². The van der Waals surface area contributed by atoms with Gasteiger partial charge in [0.2, 0.25) is 0 Å². The summed E-state index contributed by atoms with van der Waals surface area (Å²) in [5.74, 6) is 0. The largest absolute Gasteiger partial charge is 0.142 e. The van der Waals surface area contributed by atoms with Gasteiger partial charge in [-0.1, -0.05) is 24.3 Å². The average molecular weight is 319 g/mol. The van der Waals surface area contributed by atoms with Gasteiger partial charge in [-0.05, 0) is 28.1 Å². The van der Waals surface area contributed by atoms with Gasteiger partial charge in [-0.25, -0.2) is 0 Å². The zero-order valence-corrected chi connectivity index (χ0v) is 12.0. The van der Waals surface area contributed by atoms with Gasteiger partial charge < -0.3 is 0 Å². The summed E-state index contributed by atoms with van der Waals surface area (Å²) in [5.41, 5.74) is 0. The normalized spacial score (nSPS) is 11.8. The first-order valence-electron chi connectivity index (χ1n) is 5.31. The van der Waals surface area contributed by atoms with E-state index >= 15 is 0 Å². The molecular formula is C14H7BrS2. The summed E-state index contributed by atoms with van der Waals surface area (Å²) in [6.07, 6.45) is 0. The molecule has 0 saturated carbocycles. The molecule has 4 rings (SSSR count). The van der Waals surface area contributed by atoms with E-state index < -0.39 is 0 Å². The minimum Gasteiger partial charge on any atom is -0.142 e. The highest BCUT2D eigenvalue weighted by atomic mass is 79.9. The van der Waals surface area contributed by atoms with Gasteiger partial charge in [0.05, 0.1) is 0 Å². The Morgan fingerprint density at radius 1 is 0.882 bits per heavy atom. The Labute approximate surface area is 115 Å². The average Bonchev–Trinajstić information content (AvgIpc) is 2.90. The number of hydrogen-bond acceptors (Lipinski definition) is 2. The lowest BCUT2D eigenvalue weighted by atomic mass is 10.1. The number of fused-ring (bicyclic) bond motifs is 5. The second-order valence-corrected chi connectivity index (χ2v) is 6.82. The van der Waals surface area contributed by atoms with Crippen LogP contribution in [0.1, 0.15) is 0 Å². The molecular weight excluding hydrogens is 312 g/mol. The van der Waals surface area contributed by atoms with E-state index in [9.17, 15) is 0 Å². The summed E-state index contributed by atoms with van der Waals surface area (Å²) >= 11 is 7.32. The van der Waals surface area contributed by atoms with Crippen LogP contribution in [-0.2, 0) is 0 Å². The van der Waals surface area contributed by atoms with Gasteiger partial charge in [0.1, 0.15) is 0 Å². The molecule has 17 heavy (non-hydrogen) atoms. The van der Waals surface area contributed by atoms with Gasteiger partial charge in [0, 0.05) is 40.1 Å². The van der Waals surface area contributed by atoms with Crippen LogP contribution in [0.25, 0.3) is 30.3 Å². The fourth-order valence-electron chi connectivity index (χ4n) is 2.27. The van der Waals surface area contributed by atoms with Crippen LogP contribution in [0.5, 0.6) is 0 Å². The Kier molecular flexibility index (Phi) is 2.10. The van der Waals surface area contributed by atoms with Gasteiger partial charge in [0.25, 0.3) is 0 Å². The van der Waals surface area contributed by atoms with Crippen molar-refractivity contribution in [3.63, 3.8) is 0 Å². The Bertz CT molecular complexity index is 854. The Morgan fingerprint density at radius 3 is 2.71 bits per heavy atom. The summed E-state index contributed by atoms with van der Waals surface area (Å²) in [6, 6.07) is 13.1. The van der Waals surface area contributed by atoms with E-state index in [4.69, 9.17) is 0 Å². The highest BCUT2D eigenvalue weighted by molar-refractivity contribution is 9.10. The van der Waals surface area contributed by atoms with Crippen LogP contribution in [-0.4, -0.2) is 0 Å². The van der Waals surface area contributed by atoms with Gasteiger partial charge in [0.15, 0.2) is 0 Å². The van der Waals surface area contributed by atoms with Crippen molar-refractivity contribution in [2.24, 2.45) is 0 Å². The van der Waals surface area contributed by atoms with Gasteiger partial charge >= 0.3 is 0 Å². The molecule has 4 aromatic rings. The molecule has 0 N–H and O–H groups in total. The summed E-state index contributed by atoms with van der Waals surface area (Å²) < 4.78 is 5.36. The van der Waals surface area contributed by atoms with E-state index in [-0.39, 0.29) is 0 Å². The van der Waals surface area contributed by atoms with Crippen LogP contribution in [0, 0.1) is 0 Å². The lowest BCUT2D eigenvalue weighted by molar-refractivity contribution is 1.87. The maximum atomic E-state index is 3.62. The fourth-order valence-corrected chi connectivity index (χ4v) is 5.18. The summed E-state index contributed by atoms with van der Waals surface area (Å²) in [5, 5.41) is 6.30. The summed E-state index contributed by atoms with van der Waals surface area (Å²) in [7, 11) is 0. The van der Waals surface area contributed by atoms with Crippen LogP contribution >= 0.6 is 38.6 Å². The quantitative estimate of drug-likeness (QED) is 0.371. The molecule has 0 atom stereocenters.